The van der Waals surface area contributed by atoms with Gasteiger partial charge in [-0.1, -0.05) is 19.9 Å². The Labute approximate surface area is 77.3 Å². The summed E-state index contributed by atoms with van der Waals surface area (Å²) in [5, 5.41) is 0. The van der Waals surface area contributed by atoms with Gasteiger partial charge in [0.2, 0.25) is 0 Å². The van der Waals surface area contributed by atoms with E-state index in [4.69, 9.17) is 0 Å². The largest absolute Gasteiger partial charge is 0.337 e. The van der Waals surface area contributed by atoms with Crippen LogP contribution in [0.2, 0.25) is 0 Å². The van der Waals surface area contributed by atoms with E-state index in [0.717, 1.165) is 0 Å². The van der Waals surface area contributed by atoms with Gasteiger partial charge >= 0.3 is 6.03 Å². The number of carbonyl (C=O) groups excluding carboxylic acids is 1. The van der Waals surface area contributed by atoms with Crippen LogP contribution in [0.5, 0.6) is 0 Å². The number of rotatable bonds is 1. The van der Waals surface area contributed by atoms with Crippen LogP contribution in [0.4, 0.5) is 4.79 Å². The molecule has 2 aliphatic heterocycles. The highest BCUT2D eigenvalue weighted by Crippen LogP contribution is 2.20. The molecule has 0 aliphatic carbocycles. The number of nitrogens with zero attached hydrogens (tertiary/aromatic N) is 1. The predicted octanol–water partition coefficient (Wildman–Crippen LogP) is 0.952. The van der Waals surface area contributed by atoms with E-state index in [-0.39, 0.29) is 12.2 Å². The topological polar surface area (TPSA) is 44.4 Å². The number of allylic oxidation sites excluding steroid dienone is 2. The van der Waals surface area contributed by atoms with Gasteiger partial charge in [-0.15, -0.1) is 0 Å². The molecule has 1 saturated heterocycles. The molecule has 0 aromatic heterocycles. The SMILES string of the molecule is CC(C)C1=CN2C(=O)NNC2C=C1. The number of hydrazine groups is 1. The van der Waals surface area contributed by atoms with Crippen molar-refractivity contribution < 1.29 is 4.79 Å². The van der Waals surface area contributed by atoms with Gasteiger partial charge < -0.3 is 0 Å². The van der Waals surface area contributed by atoms with E-state index in [0.29, 0.717) is 5.92 Å². The maximum atomic E-state index is 11.3. The Bertz CT molecular complexity index is 293. The number of nitrogens with one attached hydrogen (secondary N) is 2. The first-order valence-corrected chi connectivity index (χ1v) is 4.42. The molecule has 13 heavy (non-hydrogen) atoms. The number of amides is 2. The molecule has 70 valence electrons. The lowest BCUT2D eigenvalue weighted by Gasteiger charge is -2.22. The standard InChI is InChI=1S/C9H13N3O/c1-6(2)7-3-4-8-10-11-9(13)12(8)5-7/h3-6,8,10H,1-2H3,(H,11,13). The minimum atomic E-state index is -0.0903. The second-order valence-corrected chi connectivity index (χ2v) is 3.57. The third-order valence-electron chi connectivity index (χ3n) is 2.29. The molecule has 1 fully saturated rings. The van der Waals surface area contributed by atoms with E-state index < -0.39 is 0 Å². The molecule has 0 spiro atoms. The van der Waals surface area contributed by atoms with Gasteiger partial charge in [-0.2, -0.15) is 0 Å². The molecule has 2 aliphatic rings. The molecule has 1 unspecified atom stereocenters. The molecule has 2 rings (SSSR count). The number of carbonyl (C=O) groups is 1. The maximum Gasteiger partial charge on any atom is 0.337 e. The molecule has 2 amide bonds. The minimum Gasteiger partial charge on any atom is -0.278 e. The van der Waals surface area contributed by atoms with Crippen molar-refractivity contribution in [3.63, 3.8) is 0 Å². The fraction of sp³-hybridized carbons (Fsp3) is 0.444. The Morgan fingerprint density at radius 3 is 3.00 bits per heavy atom. The Morgan fingerprint density at radius 2 is 2.31 bits per heavy atom. The summed E-state index contributed by atoms with van der Waals surface area (Å²) in [6, 6.07) is -0.0903. The first-order chi connectivity index (χ1) is 6.18. The van der Waals surface area contributed by atoms with Gasteiger partial charge in [-0.3, -0.25) is 10.3 Å². The lowest BCUT2D eigenvalue weighted by Crippen LogP contribution is -2.34. The Kier molecular flexibility index (Phi) is 1.84. The molecule has 0 aromatic carbocycles. The van der Waals surface area contributed by atoms with Crippen molar-refractivity contribution in [3.05, 3.63) is 23.9 Å². The third-order valence-corrected chi connectivity index (χ3v) is 2.29. The summed E-state index contributed by atoms with van der Waals surface area (Å²) in [5.74, 6) is 0.450. The zero-order chi connectivity index (χ0) is 9.42. The highest BCUT2D eigenvalue weighted by molar-refractivity contribution is 5.78. The smallest absolute Gasteiger partial charge is 0.278 e. The summed E-state index contributed by atoms with van der Waals surface area (Å²) in [6.45, 7) is 4.22. The van der Waals surface area contributed by atoms with Crippen LogP contribution in [-0.4, -0.2) is 17.1 Å². The van der Waals surface area contributed by atoms with E-state index in [1.54, 1.807) is 4.90 Å². The van der Waals surface area contributed by atoms with Crippen LogP contribution in [0.1, 0.15) is 13.8 Å². The average Bonchev–Trinajstić information content (AvgIpc) is 2.47. The van der Waals surface area contributed by atoms with Crippen molar-refractivity contribution in [2.24, 2.45) is 5.92 Å². The summed E-state index contributed by atoms with van der Waals surface area (Å²) < 4.78 is 0. The van der Waals surface area contributed by atoms with E-state index in [9.17, 15) is 4.79 Å². The Hall–Kier alpha value is -1.29. The third kappa shape index (κ3) is 1.33. The first kappa shape index (κ1) is 8.31. The second-order valence-electron chi connectivity index (χ2n) is 3.57. The molecule has 4 nitrogen and oxygen atoms in total. The van der Waals surface area contributed by atoms with Gasteiger partial charge in [0.05, 0.1) is 0 Å². The highest BCUT2D eigenvalue weighted by atomic mass is 16.2. The number of urea groups is 1. The highest BCUT2D eigenvalue weighted by Gasteiger charge is 2.29. The predicted molar refractivity (Wildman–Crippen MR) is 49.4 cm³/mol. The zero-order valence-corrected chi connectivity index (χ0v) is 7.74. The number of fused-ring (bicyclic) bond motifs is 1. The quantitative estimate of drug-likeness (QED) is 0.629. The van der Waals surface area contributed by atoms with E-state index in [1.807, 2.05) is 12.3 Å². The molecule has 0 aromatic rings. The average molecular weight is 179 g/mol. The second kappa shape index (κ2) is 2.88. The van der Waals surface area contributed by atoms with Crippen molar-refractivity contribution in [2.45, 2.75) is 20.0 Å². The van der Waals surface area contributed by atoms with Gasteiger partial charge in [-0.25, -0.2) is 10.2 Å². The van der Waals surface area contributed by atoms with Crippen LogP contribution in [0, 0.1) is 5.92 Å². The normalized spacial score (nSPS) is 26.1. The first-order valence-electron chi connectivity index (χ1n) is 4.42. The Balaban J connectivity index is 2.24. The zero-order valence-electron chi connectivity index (χ0n) is 7.74. The molecule has 2 N–H and O–H groups in total. The molecule has 0 bridgehead atoms. The fourth-order valence-corrected chi connectivity index (χ4v) is 1.42. The summed E-state index contributed by atoms with van der Waals surface area (Å²) >= 11 is 0. The van der Waals surface area contributed by atoms with Gasteiger partial charge in [0.1, 0.15) is 6.17 Å². The van der Waals surface area contributed by atoms with E-state index in [2.05, 4.69) is 30.8 Å². The molecular weight excluding hydrogens is 166 g/mol. The monoisotopic (exact) mass is 179 g/mol. The number of hydrogen-bond donors (Lipinski definition) is 2. The summed E-state index contributed by atoms with van der Waals surface area (Å²) in [5.41, 5.74) is 6.60. The summed E-state index contributed by atoms with van der Waals surface area (Å²) in [6.07, 6.45) is 5.91. The van der Waals surface area contributed by atoms with E-state index >= 15 is 0 Å². The summed E-state index contributed by atoms with van der Waals surface area (Å²) in [4.78, 5) is 12.9. The van der Waals surface area contributed by atoms with Gasteiger partial charge in [0.15, 0.2) is 0 Å². The maximum absolute atomic E-state index is 11.3. The molecule has 0 saturated carbocycles. The van der Waals surface area contributed by atoms with Crippen LogP contribution >= 0.6 is 0 Å². The number of hydrogen-bond acceptors (Lipinski definition) is 2. The van der Waals surface area contributed by atoms with Crippen molar-refractivity contribution in [2.75, 3.05) is 0 Å². The van der Waals surface area contributed by atoms with E-state index in [1.165, 1.54) is 5.57 Å². The van der Waals surface area contributed by atoms with Crippen molar-refractivity contribution in [3.8, 4) is 0 Å². The molecule has 0 radical (unpaired) electrons. The molecule has 1 atom stereocenters. The van der Waals surface area contributed by atoms with Crippen LogP contribution < -0.4 is 10.9 Å². The van der Waals surface area contributed by atoms with Crippen molar-refractivity contribution in [1.29, 1.82) is 0 Å². The van der Waals surface area contributed by atoms with Gasteiger partial charge in [0, 0.05) is 6.20 Å². The summed E-state index contributed by atoms with van der Waals surface area (Å²) in [7, 11) is 0. The van der Waals surface area contributed by atoms with Crippen LogP contribution in [-0.2, 0) is 0 Å². The van der Waals surface area contributed by atoms with Crippen LogP contribution in [0.15, 0.2) is 23.9 Å². The lowest BCUT2D eigenvalue weighted by molar-refractivity contribution is 0.226. The minimum absolute atomic E-state index is 0.0185. The Morgan fingerprint density at radius 1 is 1.54 bits per heavy atom. The lowest BCUT2D eigenvalue weighted by atomic mass is 10.0. The molecular formula is C9H13N3O. The van der Waals surface area contributed by atoms with Crippen LogP contribution in [0.25, 0.3) is 0 Å². The van der Waals surface area contributed by atoms with Crippen LogP contribution in [0.3, 0.4) is 0 Å². The van der Waals surface area contributed by atoms with Gasteiger partial charge in [-0.05, 0) is 17.6 Å². The van der Waals surface area contributed by atoms with Crippen molar-refractivity contribution >= 4 is 6.03 Å². The van der Waals surface area contributed by atoms with Gasteiger partial charge in [0.25, 0.3) is 0 Å². The van der Waals surface area contributed by atoms with Crippen molar-refractivity contribution in [1.82, 2.24) is 15.8 Å². The fourth-order valence-electron chi connectivity index (χ4n) is 1.42. The molecule has 4 heteroatoms. The molecule has 2 heterocycles.